The van der Waals surface area contributed by atoms with Gasteiger partial charge >= 0.3 is 0 Å². The zero-order chi connectivity index (χ0) is 15.2. The molecular formula is C17H19BrClNS. The van der Waals surface area contributed by atoms with Crippen molar-refractivity contribution in [1.82, 2.24) is 5.32 Å². The molecule has 0 amide bonds. The highest BCUT2D eigenvalue weighted by Gasteiger charge is 2.13. The molecule has 112 valence electrons. The molecule has 0 bridgehead atoms. The first-order chi connectivity index (χ1) is 10.1. The van der Waals surface area contributed by atoms with Crippen LogP contribution in [0.3, 0.4) is 0 Å². The number of halogens is 2. The molecule has 0 saturated heterocycles. The summed E-state index contributed by atoms with van der Waals surface area (Å²) in [6, 6.07) is 14.9. The summed E-state index contributed by atoms with van der Waals surface area (Å²) in [7, 11) is 0. The summed E-state index contributed by atoms with van der Waals surface area (Å²) in [6.07, 6.45) is 0. The van der Waals surface area contributed by atoms with Crippen molar-refractivity contribution >= 4 is 39.3 Å². The third-order valence-electron chi connectivity index (χ3n) is 3.29. The van der Waals surface area contributed by atoms with E-state index < -0.39 is 0 Å². The molecule has 2 rings (SSSR count). The topological polar surface area (TPSA) is 12.0 Å². The van der Waals surface area contributed by atoms with Crippen LogP contribution in [0.4, 0.5) is 0 Å². The van der Waals surface area contributed by atoms with Gasteiger partial charge in [0.05, 0.1) is 0 Å². The number of thioether (sulfide) groups is 1. The monoisotopic (exact) mass is 383 g/mol. The molecule has 0 fully saturated rings. The van der Waals surface area contributed by atoms with Crippen LogP contribution in [0.5, 0.6) is 0 Å². The molecule has 4 heteroatoms. The second kappa shape index (κ2) is 8.23. The molecule has 0 spiro atoms. The molecule has 0 aliphatic heterocycles. The summed E-state index contributed by atoms with van der Waals surface area (Å²) in [5, 5.41) is 4.38. The van der Waals surface area contributed by atoms with Gasteiger partial charge in [0.1, 0.15) is 0 Å². The number of aryl methyl sites for hydroxylation is 1. The number of hydrogen-bond acceptors (Lipinski definition) is 2. The normalized spacial score (nSPS) is 12.4. The summed E-state index contributed by atoms with van der Waals surface area (Å²) in [5.41, 5.74) is 2.36. The molecular weight excluding hydrogens is 366 g/mol. The number of hydrogen-bond donors (Lipinski definition) is 1. The van der Waals surface area contributed by atoms with Crippen LogP contribution in [0.1, 0.15) is 24.1 Å². The third kappa shape index (κ3) is 4.75. The maximum Gasteiger partial charge on any atom is 0.0438 e. The van der Waals surface area contributed by atoms with E-state index in [1.54, 1.807) is 0 Å². The van der Waals surface area contributed by atoms with Crippen LogP contribution in [0.25, 0.3) is 0 Å². The van der Waals surface area contributed by atoms with Gasteiger partial charge in [-0.05, 0) is 58.7 Å². The van der Waals surface area contributed by atoms with Gasteiger partial charge < -0.3 is 5.32 Å². The van der Waals surface area contributed by atoms with Crippen molar-refractivity contribution in [3.8, 4) is 0 Å². The summed E-state index contributed by atoms with van der Waals surface area (Å²) in [5.74, 6) is 0.968. The number of rotatable bonds is 6. The molecule has 1 unspecified atom stereocenters. The van der Waals surface area contributed by atoms with E-state index in [1.807, 2.05) is 24.8 Å². The van der Waals surface area contributed by atoms with E-state index in [0.29, 0.717) is 6.04 Å². The average Bonchev–Trinajstić information content (AvgIpc) is 2.48. The SMILES string of the molecule is CCNC(CSc1ccccc1Br)c1ccc(C)c(Cl)c1. The van der Waals surface area contributed by atoms with Crippen molar-refractivity contribution < 1.29 is 0 Å². The Bertz CT molecular complexity index is 603. The molecule has 1 atom stereocenters. The van der Waals surface area contributed by atoms with Gasteiger partial charge in [-0.3, -0.25) is 0 Å². The minimum atomic E-state index is 0.296. The number of benzene rings is 2. The van der Waals surface area contributed by atoms with Crippen molar-refractivity contribution in [3.05, 3.63) is 63.1 Å². The van der Waals surface area contributed by atoms with Crippen LogP contribution in [0.2, 0.25) is 5.02 Å². The Hall–Kier alpha value is -0.480. The first-order valence-electron chi connectivity index (χ1n) is 6.98. The smallest absolute Gasteiger partial charge is 0.0438 e. The molecule has 1 nitrogen and oxygen atoms in total. The zero-order valence-electron chi connectivity index (χ0n) is 12.2. The van der Waals surface area contributed by atoms with Crippen molar-refractivity contribution in [1.29, 1.82) is 0 Å². The maximum absolute atomic E-state index is 6.26. The molecule has 21 heavy (non-hydrogen) atoms. The van der Waals surface area contributed by atoms with Gasteiger partial charge in [0.15, 0.2) is 0 Å². The highest BCUT2D eigenvalue weighted by Crippen LogP contribution is 2.31. The third-order valence-corrected chi connectivity index (χ3v) is 5.82. The van der Waals surface area contributed by atoms with E-state index in [0.717, 1.165) is 27.4 Å². The molecule has 0 aliphatic rings. The van der Waals surface area contributed by atoms with Gasteiger partial charge in [-0.1, -0.05) is 42.8 Å². The fraction of sp³-hybridized carbons (Fsp3) is 0.294. The average molecular weight is 385 g/mol. The standard InChI is InChI=1S/C17H19BrClNS/c1-3-20-16(13-9-8-12(2)15(19)10-13)11-21-17-7-5-4-6-14(17)18/h4-10,16,20H,3,11H2,1-2H3. The Labute approximate surface area is 144 Å². The van der Waals surface area contributed by atoms with Crippen LogP contribution in [0, 0.1) is 6.92 Å². The molecule has 1 N–H and O–H groups in total. The van der Waals surface area contributed by atoms with E-state index in [4.69, 9.17) is 11.6 Å². The lowest BCUT2D eigenvalue weighted by Crippen LogP contribution is -2.23. The summed E-state index contributed by atoms with van der Waals surface area (Å²) < 4.78 is 1.15. The molecule has 2 aromatic rings. The van der Waals surface area contributed by atoms with E-state index in [1.165, 1.54) is 10.5 Å². The molecule has 0 aromatic heterocycles. The van der Waals surface area contributed by atoms with Crippen LogP contribution in [-0.2, 0) is 0 Å². The summed E-state index contributed by atoms with van der Waals surface area (Å²) in [4.78, 5) is 1.26. The fourth-order valence-electron chi connectivity index (χ4n) is 2.08. The zero-order valence-corrected chi connectivity index (χ0v) is 15.4. The largest absolute Gasteiger partial charge is 0.309 e. The van der Waals surface area contributed by atoms with Crippen molar-refractivity contribution in [2.75, 3.05) is 12.3 Å². The summed E-state index contributed by atoms with van der Waals surface area (Å²) >= 11 is 11.7. The first-order valence-corrected chi connectivity index (χ1v) is 9.14. The van der Waals surface area contributed by atoms with Crippen molar-refractivity contribution in [3.63, 3.8) is 0 Å². The van der Waals surface area contributed by atoms with Crippen molar-refractivity contribution in [2.45, 2.75) is 24.8 Å². The Morgan fingerprint density at radius 2 is 2.00 bits per heavy atom. The Morgan fingerprint density at radius 3 is 2.67 bits per heavy atom. The second-order valence-electron chi connectivity index (χ2n) is 4.86. The minimum absolute atomic E-state index is 0.296. The fourth-order valence-corrected chi connectivity index (χ4v) is 3.93. The van der Waals surface area contributed by atoms with E-state index in [-0.39, 0.29) is 0 Å². The summed E-state index contributed by atoms with van der Waals surface area (Å²) in [6.45, 7) is 5.10. The Balaban J connectivity index is 2.12. The van der Waals surface area contributed by atoms with Gasteiger partial charge in [0.25, 0.3) is 0 Å². The minimum Gasteiger partial charge on any atom is -0.309 e. The van der Waals surface area contributed by atoms with E-state index in [2.05, 4.69) is 64.6 Å². The van der Waals surface area contributed by atoms with E-state index in [9.17, 15) is 0 Å². The molecule has 0 saturated carbocycles. The Kier molecular flexibility index (Phi) is 6.62. The van der Waals surface area contributed by atoms with Gasteiger partial charge in [-0.25, -0.2) is 0 Å². The van der Waals surface area contributed by atoms with Gasteiger partial charge in [-0.2, -0.15) is 0 Å². The quantitative estimate of drug-likeness (QED) is 0.627. The van der Waals surface area contributed by atoms with Crippen LogP contribution >= 0.6 is 39.3 Å². The molecule has 0 aliphatic carbocycles. The van der Waals surface area contributed by atoms with Gasteiger partial charge in [0.2, 0.25) is 0 Å². The van der Waals surface area contributed by atoms with Crippen LogP contribution in [0.15, 0.2) is 51.8 Å². The molecule has 0 radical (unpaired) electrons. The lowest BCUT2D eigenvalue weighted by molar-refractivity contribution is 0.606. The van der Waals surface area contributed by atoms with Gasteiger partial charge in [0, 0.05) is 26.2 Å². The highest BCUT2D eigenvalue weighted by atomic mass is 79.9. The predicted octanol–water partition coefficient (Wildman–Crippen LogP) is 5.85. The van der Waals surface area contributed by atoms with Crippen molar-refractivity contribution in [2.24, 2.45) is 0 Å². The predicted molar refractivity (Wildman–Crippen MR) is 97.5 cm³/mol. The highest BCUT2D eigenvalue weighted by molar-refractivity contribution is 9.10. The van der Waals surface area contributed by atoms with Crippen LogP contribution < -0.4 is 5.32 Å². The maximum atomic E-state index is 6.26. The molecule has 2 aromatic carbocycles. The number of nitrogens with one attached hydrogen (secondary N) is 1. The Morgan fingerprint density at radius 1 is 1.24 bits per heavy atom. The molecule has 0 heterocycles. The lowest BCUT2D eigenvalue weighted by atomic mass is 10.1. The second-order valence-corrected chi connectivity index (χ2v) is 7.18. The lowest BCUT2D eigenvalue weighted by Gasteiger charge is -2.19. The van der Waals surface area contributed by atoms with E-state index >= 15 is 0 Å². The van der Waals surface area contributed by atoms with Gasteiger partial charge in [-0.15, -0.1) is 11.8 Å². The first kappa shape index (κ1) is 16.9. The van der Waals surface area contributed by atoms with Crippen LogP contribution in [-0.4, -0.2) is 12.3 Å².